The van der Waals surface area contributed by atoms with Crippen LogP contribution in [0.15, 0.2) is 77.8 Å². The van der Waals surface area contributed by atoms with Crippen molar-refractivity contribution in [3.8, 4) is 11.8 Å². The summed E-state index contributed by atoms with van der Waals surface area (Å²) in [5.41, 5.74) is 9.09. The van der Waals surface area contributed by atoms with Gasteiger partial charge in [-0.05, 0) is 53.8 Å². The molecule has 0 aliphatic heterocycles. The molecular weight excluding hydrogens is 492 g/mol. The molecule has 36 heavy (non-hydrogen) atoms. The number of nitrogen functional groups attached to an aromatic ring is 1. The second-order valence-corrected chi connectivity index (χ2v) is 9.26. The summed E-state index contributed by atoms with van der Waals surface area (Å²) in [6, 6.07) is 17.5. The molecule has 10 heteroatoms. The van der Waals surface area contributed by atoms with E-state index in [1.807, 2.05) is 35.0 Å². The van der Waals surface area contributed by atoms with Crippen LogP contribution in [0.25, 0.3) is 10.2 Å². The highest BCUT2D eigenvalue weighted by Gasteiger charge is 2.21. The van der Waals surface area contributed by atoms with Gasteiger partial charge in [-0.1, -0.05) is 24.1 Å². The number of benzene rings is 2. The summed E-state index contributed by atoms with van der Waals surface area (Å²) in [6.45, 7) is 0. The first-order valence-electron chi connectivity index (χ1n) is 10.7. The van der Waals surface area contributed by atoms with Crippen LogP contribution in [-0.4, -0.2) is 21.9 Å². The maximum Gasteiger partial charge on any atom is 0.323 e. The maximum absolute atomic E-state index is 13.3. The molecule has 0 fully saturated rings. The number of nitrogens with two attached hydrogens (primary N) is 1. The van der Waals surface area contributed by atoms with Gasteiger partial charge >= 0.3 is 6.03 Å². The number of anilines is 4. The Hall–Kier alpha value is -4.72. The average Bonchev–Trinajstić information content (AvgIpc) is 3.53. The number of hydrogen-bond acceptors (Lipinski definition) is 7. The Kier molecular flexibility index (Phi) is 6.57. The van der Waals surface area contributed by atoms with E-state index in [-0.39, 0.29) is 17.8 Å². The second kappa shape index (κ2) is 10.3. The van der Waals surface area contributed by atoms with Gasteiger partial charge in [-0.15, -0.1) is 11.3 Å². The van der Waals surface area contributed by atoms with E-state index in [1.54, 1.807) is 47.7 Å². The fourth-order valence-electron chi connectivity index (χ4n) is 3.37. The first kappa shape index (κ1) is 23.0. The summed E-state index contributed by atoms with van der Waals surface area (Å²) in [5.74, 6) is 6.01. The summed E-state index contributed by atoms with van der Waals surface area (Å²) in [5, 5.41) is 12.7. The van der Waals surface area contributed by atoms with Crippen LogP contribution in [0.5, 0.6) is 0 Å². The minimum absolute atomic E-state index is 0.217. The van der Waals surface area contributed by atoms with Crippen LogP contribution in [0.3, 0.4) is 0 Å². The molecule has 0 unspecified atom stereocenters. The quantitative estimate of drug-likeness (QED) is 0.233. The lowest BCUT2D eigenvalue weighted by Gasteiger charge is -2.09. The number of carbonyl (C=O) groups excluding carboxylic acids is 2. The molecule has 2 aromatic carbocycles. The minimum Gasteiger partial charge on any atom is -0.383 e. The lowest BCUT2D eigenvalue weighted by atomic mass is 10.1. The zero-order valence-electron chi connectivity index (χ0n) is 18.6. The molecule has 5 aromatic rings. The van der Waals surface area contributed by atoms with Crippen molar-refractivity contribution in [1.29, 1.82) is 0 Å². The molecule has 0 saturated carbocycles. The number of carbonyl (C=O) groups is 2. The number of nitrogens with zero attached hydrogens (tertiary/aromatic N) is 2. The van der Waals surface area contributed by atoms with Gasteiger partial charge in [-0.2, -0.15) is 11.3 Å². The third-order valence-electron chi connectivity index (χ3n) is 5.02. The van der Waals surface area contributed by atoms with Crippen molar-refractivity contribution < 1.29 is 9.59 Å². The molecule has 176 valence electrons. The molecule has 3 aromatic heterocycles. The lowest BCUT2D eigenvalue weighted by molar-refractivity contribution is 0.102. The highest BCUT2D eigenvalue weighted by atomic mass is 32.1. The fraction of sp³-hybridized carbons (Fsp3) is 0. The van der Waals surface area contributed by atoms with Gasteiger partial charge in [0.05, 0.1) is 15.8 Å². The van der Waals surface area contributed by atoms with Gasteiger partial charge in [0, 0.05) is 28.0 Å². The highest BCUT2D eigenvalue weighted by Crippen LogP contribution is 2.33. The van der Waals surface area contributed by atoms with Crippen molar-refractivity contribution >= 4 is 67.7 Å². The topological polar surface area (TPSA) is 122 Å². The lowest BCUT2D eigenvalue weighted by Crippen LogP contribution is -2.19. The maximum atomic E-state index is 13.3. The number of amides is 3. The molecule has 0 saturated heterocycles. The number of urea groups is 1. The van der Waals surface area contributed by atoms with Crippen molar-refractivity contribution in [2.24, 2.45) is 0 Å². The van der Waals surface area contributed by atoms with Gasteiger partial charge in [-0.25, -0.2) is 14.8 Å². The molecule has 3 amide bonds. The molecule has 5 rings (SSSR count). The Bertz CT molecular complexity index is 1600. The molecule has 0 bridgehead atoms. The van der Waals surface area contributed by atoms with E-state index in [4.69, 9.17) is 5.73 Å². The largest absolute Gasteiger partial charge is 0.383 e. The Labute approximate surface area is 214 Å². The van der Waals surface area contributed by atoms with Crippen molar-refractivity contribution in [2.45, 2.75) is 0 Å². The van der Waals surface area contributed by atoms with E-state index < -0.39 is 0 Å². The van der Waals surface area contributed by atoms with Gasteiger partial charge in [0.1, 0.15) is 17.0 Å². The first-order chi connectivity index (χ1) is 17.6. The van der Waals surface area contributed by atoms with Crippen molar-refractivity contribution in [3.05, 3.63) is 93.8 Å². The molecule has 0 radical (unpaired) electrons. The van der Waals surface area contributed by atoms with E-state index in [2.05, 4.69) is 37.8 Å². The van der Waals surface area contributed by atoms with Gasteiger partial charge in [0.2, 0.25) is 0 Å². The number of fused-ring (bicyclic) bond motifs is 1. The predicted octanol–water partition coefficient (Wildman–Crippen LogP) is 5.63. The zero-order chi connectivity index (χ0) is 24.9. The molecule has 0 aliphatic rings. The summed E-state index contributed by atoms with van der Waals surface area (Å²) in [6.07, 6.45) is 1.37. The second-order valence-electron chi connectivity index (χ2n) is 7.48. The first-order valence-corrected chi connectivity index (χ1v) is 12.4. The fourth-order valence-corrected chi connectivity index (χ4v) is 4.96. The normalized spacial score (nSPS) is 10.3. The van der Waals surface area contributed by atoms with Gasteiger partial charge in [-0.3, -0.25) is 4.79 Å². The van der Waals surface area contributed by atoms with Crippen LogP contribution in [0.2, 0.25) is 0 Å². The van der Waals surface area contributed by atoms with Crippen molar-refractivity contribution in [3.63, 3.8) is 0 Å². The van der Waals surface area contributed by atoms with E-state index in [0.29, 0.717) is 37.7 Å². The molecule has 0 atom stereocenters. The van der Waals surface area contributed by atoms with Gasteiger partial charge < -0.3 is 21.7 Å². The monoisotopic (exact) mass is 510 g/mol. The Morgan fingerprint density at radius 3 is 2.22 bits per heavy atom. The Morgan fingerprint density at radius 1 is 0.833 bits per heavy atom. The molecule has 5 N–H and O–H groups in total. The van der Waals surface area contributed by atoms with Crippen LogP contribution in [0.4, 0.5) is 27.7 Å². The molecule has 8 nitrogen and oxygen atoms in total. The van der Waals surface area contributed by atoms with E-state index >= 15 is 0 Å². The molecule has 0 spiro atoms. The molecule has 0 aliphatic carbocycles. The number of aromatic nitrogens is 2. The molecule has 3 heterocycles. The Morgan fingerprint density at radius 2 is 1.53 bits per heavy atom. The van der Waals surface area contributed by atoms with Crippen LogP contribution in [0.1, 0.15) is 20.8 Å². The van der Waals surface area contributed by atoms with Crippen LogP contribution >= 0.6 is 22.7 Å². The Balaban J connectivity index is 1.35. The third kappa shape index (κ3) is 5.17. The van der Waals surface area contributed by atoms with Crippen molar-refractivity contribution in [2.75, 3.05) is 21.7 Å². The standard InChI is InChI=1S/C26H18N6O2S2/c27-23-22-21(20(36-25(22)29-15-28-23)11-6-16-12-13-35-14-16)24(33)30-18-7-9-19(10-8-18)32-26(34)31-17-4-2-1-3-5-17/h1-5,7-10,12-15H,(H,30,33)(H2,27,28,29)(H2,31,32,34). The van der Waals surface area contributed by atoms with E-state index in [0.717, 1.165) is 5.56 Å². The predicted molar refractivity (Wildman–Crippen MR) is 146 cm³/mol. The SMILES string of the molecule is Nc1ncnc2sc(C#Cc3ccsc3)c(C(=O)Nc3ccc(NC(=O)Nc4ccccc4)cc3)c12. The van der Waals surface area contributed by atoms with Crippen LogP contribution in [-0.2, 0) is 0 Å². The number of para-hydroxylation sites is 1. The van der Waals surface area contributed by atoms with E-state index in [1.165, 1.54) is 17.7 Å². The number of nitrogens with one attached hydrogen (secondary N) is 3. The third-order valence-corrected chi connectivity index (χ3v) is 6.71. The van der Waals surface area contributed by atoms with Crippen LogP contribution in [0, 0.1) is 11.8 Å². The molecular formula is C26H18N6O2S2. The minimum atomic E-state index is -0.375. The summed E-state index contributed by atoms with van der Waals surface area (Å²) < 4.78 is 0. The van der Waals surface area contributed by atoms with E-state index in [9.17, 15) is 9.59 Å². The number of hydrogen-bond donors (Lipinski definition) is 4. The smallest absolute Gasteiger partial charge is 0.323 e. The number of rotatable bonds is 4. The van der Waals surface area contributed by atoms with Crippen LogP contribution < -0.4 is 21.7 Å². The van der Waals surface area contributed by atoms with Gasteiger partial charge in [0.15, 0.2) is 0 Å². The van der Waals surface area contributed by atoms with Gasteiger partial charge in [0.25, 0.3) is 5.91 Å². The zero-order valence-corrected chi connectivity index (χ0v) is 20.2. The average molecular weight is 511 g/mol. The summed E-state index contributed by atoms with van der Waals surface area (Å²) in [7, 11) is 0. The summed E-state index contributed by atoms with van der Waals surface area (Å²) in [4.78, 5) is 35.0. The number of thiophene rings is 2. The van der Waals surface area contributed by atoms with Crippen molar-refractivity contribution in [1.82, 2.24) is 9.97 Å². The highest BCUT2D eigenvalue weighted by molar-refractivity contribution is 7.19. The summed E-state index contributed by atoms with van der Waals surface area (Å²) >= 11 is 2.84.